The Labute approximate surface area is 213 Å². The molecule has 0 radical (unpaired) electrons. The van der Waals surface area contributed by atoms with Gasteiger partial charge in [-0.2, -0.15) is 5.10 Å². The van der Waals surface area contributed by atoms with Crippen molar-refractivity contribution in [1.82, 2.24) is 25.4 Å². The number of hydrogen-bond acceptors (Lipinski definition) is 5. The zero-order chi connectivity index (χ0) is 22.9. The summed E-state index contributed by atoms with van der Waals surface area (Å²) in [4.78, 5) is 23.2. The highest BCUT2D eigenvalue weighted by molar-refractivity contribution is 14.0. The quantitative estimate of drug-likeness (QED) is 0.185. The molecule has 2 aromatic rings. The van der Waals surface area contributed by atoms with Crippen LogP contribution in [0.2, 0.25) is 0 Å². The number of aliphatic imine (C=N–C) groups is 1. The van der Waals surface area contributed by atoms with Gasteiger partial charge in [0, 0.05) is 50.2 Å². The molecule has 9 nitrogen and oxygen atoms in total. The number of halogens is 1. The van der Waals surface area contributed by atoms with E-state index < -0.39 is 0 Å². The lowest BCUT2D eigenvalue weighted by Gasteiger charge is -2.33. The number of rotatable bonds is 9. The van der Waals surface area contributed by atoms with E-state index in [9.17, 15) is 4.79 Å². The van der Waals surface area contributed by atoms with Crippen molar-refractivity contribution in [3.8, 4) is 0 Å². The molecular formula is C23H37IN8O. The zero-order valence-electron chi connectivity index (χ0n) is 19.9. The summed E-state index contributed by atoms with van der Waals surface area (Å²) in [6.45, 7) is 10.6. The SMILES string of the molecule is CCNC(=NCc1cccnc1N1CCCC(C(N)=O)C1)NCCCn1nc(C)cc1C.I. The van der Waals surface area contributed by atoms with Gasteiger partial charge in [-0.25, -0.2) is 9.98 Å². The number of guanidine groups is 1. The molecule has 0 aliphatic carbocycles. The van der Waals surface area contributed by atoms with Crippen molar-refractivity contribution >= 4 is 41.7 Å². The molecule has 10 heteroatoms. The van der Waals surface area contributed by atoms with E-state index in [-0.39, 0.29) is 35.8 Å². The number of carbonyl (C=O) groups is 1. The number of nitrogens with two attached hydrogens (primary N) is 1. The number of aromatic nitrogens is 3. The Morgan fingerprint density at radius 3 is 2.85 bits per heavy atom. The van der Waals surface area contributed by atoms with Gasteiger partial charge in [-0.15, -0.1) is 24.0 Å². The molecule has 33 heavy (non-hydrogen) atoms. The van der Waals surface area contributed by atoms with Crippen LogP contribution in [0, 0.1) is 19.8 Å². The molecule has 3 rings (SSSR count). The van der Waals surface area contributed by atoms with Crippen LogP contribution in [0.15, 0.2) is 29.4 Å². The fraction of sp³-hybridized carbons (Fsp3) is 0.565. The van der Waals surface area contributed by atoms with Gasteiger partial charge in [0.2, 0.25) is 5.91 Å². The molecule has 0 saturated carbocycles. The highest BCUT2D eigenvalue weighted by atomic mass is 127. The van der Waals surface area contributed by atoms with Crippen molar-refractivity contribution in [1.29, 1.82) is 0 Å². The number of piperidine rings is 1. The van der Waals surface area contributed by atoms with E-state index in [1.807, 2.05) is 23.7 Å². The molecular weight excluding hydrogens is 531 g/mol. The van der Waals surface area contributed by atoms with Gasteiger partial charge >= 0.3 is 0 Å². The Kier molecular flexibility index (Phi) is 10.9. The maximum Gasteiger partial charge on any atom is 0.222 e. The molecule has 1 fully saturated rings. The van der Waals surface area contributed by atoms with Gasteiger partial charge in [-0.3, -0.25) is 9.48 Å². The van der Waals surface area contributed by atoms with Crippen molar-refractivity contribution < 1.29 is 4.79 Å². The molecule has 1 unspecified atom stereocenters. The summed E-state index contributed by atoms with van der Waals surface area (Å²) in [6.07, 6.45) is 4.52. The smallest absolute Gasteiger partial charge is 0.222 e. The first-order chi connectivity index (χ1) is 15.5. The number of amides is 1. The van der Waals surface area contributed by atoms with Crippen molar-refractivity contribution in [3.05, 3.63) is 41.3 Å². The first-order valence-corrected chi connectivity index (χ1v) is 11.5. The van der Waals surface area contributed by atoms with Crippen LogP contribution < -0.4 is 21.3 Å². The molecule has 1 aliphatic rings. The van der Waals surface area contributed by atoms with Crippen molar-refractivity contribution in [2.45, 2.75) is 53.1 Å². The molecule has 4 N–H and O–H groups in total. The second kappa shape index (κ2) is 13.4. The summed E-state index contributed by atoms with van der Waals surface area (Å²) in [5, 5.41) is 11.2. The molecule has 1 amide bonds. The highest BCUT2D eigenvalue weighted by Crippen LogP contribution is 2.24. The largest absolute Gasteiger partial charge is 0.369 e. The third-order valence-corrected chi connectivity index (χ3v) is 5.69. The average molecular weight is 569 g/mol. The summed E-state index contributed by atoms with van der Waals surface area (Å²) < 4.78 is 2.04. The number of aryl methyl sites for hydroxylation is 3. The second-order valence-corrected chi connectivity index (χ2v) is 8.30. The fourth-order valence-corrected chi connectivity index (χ4v) is 4.08. The number of carbonyl (C=O) groups excluding carboxylic acids is 1. The van der Waals surface area contributed by atoms with E-state index in [1.165, 1.54) is 5.69 Å². The number of hydrogen-bond donors (Lipinski definition) is 3. The standard InChI is InChI=1S/C23H36N8O.HI/c1-4-25-23(27-11-7-13-31-18(3)14-17(2)29-31)28-15-19-8-5-10-26-22(19)30-12-6-9-20(16-30)21(24)32;/h5,8,10,14,20H,4,6-7,9,11-13,15-16H2,1-3H3,(H2,24,32)(H2,25,27,28);1H. The van der Waals surface area contributed by atoms with Crippen molar-refractivity contribution in [2.24, 2.45) is 16.6 Å². The summed E-state index contributed by atoms with van der Waals surface area (Å²) in [7, 11) is 0. The van der Waals surface area contributed by atoms with Crippen LogP contribution in [0.5, 0.6) is 0 Å². The molecule has 1 saturated heterocycles. The zero-order valence-corrected chi connectivity index (χ0v) is 22.2. The van der Waals surface area contributed by atoms with Crippen LogP contribution in [0.4, 0.5) is 5.82 Å². The van der Waals surface area contributed by atoms with E-state index in [4.69, 9.17) is 10.7 Å². The van der Waals surface area contributed by atoms with Crippen LogP contribution in [0.25, 0.3) is 0 Å². The number of pyridine rings is 1. The van der Waals surface area contributed by atoms with Crippen LogP contribution >= 0.6 is 24.0 Å². The Morgan fingerprint density at radius 1 is 1.33 bits per heavy atom. The minimum atomic E-state index is -0.232. The van der Waals surface area contributed by atoms with Crippen LogP contribution in [0.1, 0.15) is 43.1 Å². The number of nitrogens with zero attached hydrogens (tertiary/aromatic N) is 5. The molecule has 182 valence electrons. The number of primary amides is 1. The average Bonchev–Trinajstić information content (AvgIpc) is 3.11. The van der Waals surface area contributed by atoms with E-state index in [1.54, 1.807) is 6.20 Å². The van der Waals surface area contributed by atoms with Crippen molar-refractivity contribution in [2.75, 3.05) is 31.1 Å². The maximum absolute atomic E-state index is 11.7. The van der Waals surface area contributed by atoms with E-state index in [0.717, 1.165) is 68.5 Å². The highest BCUT2D eigenvalue weighted by Gasteiger charge is 2.25. The first-order valence-electron chi connectivity index (χ1n) is 11.5. The van der Waals surface area contributed by atoms with Crippen LogP contribution in [0.3, 0.4) is 0 Å². The molecule has 3 heterocycles. The van der Waals surface area contributed by atoms with Crippen LogP contribution in [-0.4, -0.2) is 52.8 Å². The lowest BCUT2D eigenvalue weighted by Crippen LogP contribution is -2.42. The molecule has 0 aromatic carbocycles. The third-order valence-electron chi connectivity index (χ3n) is 5.69. The van der Waals surface area contributed by atoms with Gasteiger partial charge in [0.25, 0.3) is 0 Å². The van der Waals surface area contributed by atoms with Gasteiger partial charge < -0.3 is 21.3 Å². The third kappa shape index (κ3) is 7.86. The van der Waals surface area contributed by atoms with Gasteiger partial charge in [-0.05, 0) is 52.2 Å². The van der Waals surface area contributed by atoms with Crippen LogP contribution in [-0.2, 0) is 17.9 Å². The fourth-order valence-electron chi connectivity index (χ4n) is 4.08. The van der Waals surface area contributed by atoms with E-state index >= 15 is 0 Å². The first kappa shape index (κ1) is 26.9. The molecule has 2 aromatic heterocycles. The summed E-state index contributed by atoms with van der Waals surface area (Å²) in [6, 6.07) is 6.07. The molecule has 1 atom stereocenters. The molecule has 0 spiro atoms. The van der Waals surface area contributed by atoms with Crippen molar-refractivity contribution in [3.63, 3.8) is 0 Å². The van der Waals surface area contributed by atoms with E-state index in [2.05, 4.69) is 45.5 Å². The molecule has 0 bridgehead atoms. The summed E-state index contributed by atoms with van der Waals surface area (Å²) in [5.41, 5.74) is 8.82. The normalized spacial score (nSPS) is 16.3. The van der Waals surface area contributed by atoms with Gasteiger partial charge in [0.05, 0.1) is 18.2 Å². The number of nitrogens with one attached hydrogen (secondary N) is 2. The van der Waals surface area contributed by atoms with Gasteiger partial charge in [0.1, 0.15) is 5.82 Å². The lowest BCUT2D eigenvalue weighted by molar-refractivity contribution is -0.122. The lowest BCUT2D eigenvalue weighted by atomic mass is 9.97. The van der Waals surface area contributed by atoms with Gasteiger partial charge in [0.15, 0.2) is 5.96 Å². The monoisotopic (exact) mass is 568 g/mol. The van der Waals surface area contributed by atoms with E-state index in [0.29, 0.717) is 13.1 Å². The second-order valence-electron chi connectivity index (χ2n) is 8.30. The Bertz CT molecular complexity index is 929. The minimum absolute atomic E-state index is 0. The predicted octanol–water partition coefficient (Wildman–Crippen LogP) is 2.36. The minimum Gasteiger partial charge on any atom is -0.369 e. The maximum atomic E-state index is 11.7. The molecule has 1 aliphatic heterocycles. The predicted molar refractivity (Wildman–Crippen MR) is 143 cm³/mol. The Morgan fingerprint density at radius 2 is 2.15 bits per heavy atom. The summed E-state index contributed by atoms with van der Waals surface area (Å²) in [5.74, 6) is 1.32. The Hall–Kier alpha value is -2.37. The topological polar surface area (TPSA) is 113 Å². The number of anilines is 1. The summed E-state index contributed by atoms with van der Waals surface area (Å²) >= 11 is 0. The Balaban J connectivity index is 0.00000385. The van der Waals surface area contributed by atoms with Gasteiger partial charge in [-0.1, -0.05) is 6.07 Å².